The Labute approximate surface area is 97.8 Å². The summed E-state index contributed by atoms with van der Waals surface area (Å²) >= 11 is 0. The van der Waals surface area contributed by atoms with Crippen molar-refractivity contribution in [3.8, 4) is 5.88 Å². The summed E-state index contributed by atoms with van der Waals surface area (Å²) in [4.78, 5) is 19.0. The number of aliphatic carboxylic acids is 1. The molecule has 0 radical (unpaired) electrons. The highest BCUT2D eigenvalue weighted by atomic mass is 16.5. The quantitative estimate of drug-likeness (QED) is 0.763. The summed E-state index contributed by atoms with van der Waals surface area (Å²) in [6.45, 7) is 0.556. The van der Waals surface area contributed by atoms with Crippen molar-refractivity contribution in [3.63, 3.8) is 0 Å². The Morgan fingerprint density at radius 1 is 1.59 bits per heavy atom. The Bertz CT molecular complexity index is 412. The molecule has 1 aliphatic rings. The van der Waals surface area contributed by atoms with Crippen LogP contribution in [0.3, 0.4) is 0 Å². The van der Waals surface area contributed by atoms with Crippen molar-refractivity contribution in [1.82, 2.24) is 9.97 Å². The van der Waals surface area contributed by atoms with Crippen LogP contribution in [0.4, 0.5) is 5.82 Å². The maximum absolute atomic E-state index is 10.9. The number of carboxylic acids is 1. The molecule has 0 amide bonds. The van der Waals surface area contributed by atoms with Gasteiger partial charge in [0.15, 0.2) is 0 Å². The zero-order chi connectivity index (χ0) is 12.3. The molecular weight excluding hydrogens is 226 g/mol. The van der Waals surface area contributed by atoms with Gasteiger partial charge in [-0.1, -0.05) is 0 Å². The number of rotatable bonds is 4. The summed E-state index contributed by atoms with van der Waals surface area (Å²) in [6.07, 6.45) is 2.99. The Morgan fingerprint density at radius 3 is 3.12 bits per heavy atom. The summed E-state index contributed by atoms with van der Waals surface area (Å²) in [5.74, 6) is -0.592. The maximum atomic E-state index is 10.9. The van der Waals surface area contributed by atoms with Gasteiger partial charge in [-0.15, -0.1) is 0 Å². The van der Waals surface area contributed by atoms with E-state index in [1.807, 2.05) is 0 Å². The fraction of sp³-hybridized carbons (Fsp3) is 0.500. The molecule has 0 bridgehead atoms. The smallest absolute Gasteiger partial charge is 0.311 e. The first-order chi connectivity index (χ1) is 8.20. The van der Waals surface area contributed by atoms with Crippen LogP contribution in [0, 0.1) is 5.92 Å². The van der Waals surface area contributed by atoms with Crippen LogP contribution in [0.2, 0.25) is 0 Å². The lowest BCUT2D eigenvalue weighted by Gasteiger charge is -2.16. The highest BCUT2D eigenvalue weighted by Gasteiger charge is 2.34. The van der Waals surface area contributed by atoms with E-state index < -0.39 is 11.9 Å². The van der Waals surface area contributed by atoms with Crippen LogP contribution in [-0.4, -0.2) is 47.4 Å². The van der Waals surface area contributed by atoms with E-state index in [0.29, 0.717) is 18.3 Å². The van der Waals surface area contributed by atoms with E-state index in [-0.39, 0.29) is 12.6 Å². The predicted molar refractivity (Wildman–Crippen MR) is 57.9 cm³/mol. The van der Waals surface area contributed by atoms with Crippen molar-refractivity contribution in [3.05, 3.63) is 12.4 Å². The van der Waals surface area contributed by atoms with Gasteiger partial charge < -0.3 is 19.9 Å². The molecule has 17 heavy (non-hydrogen) atoms. The number of aromatic nitrogens is 2. The van der Waals surface area contributed by atoms with Crippen molar-refractivity contribution < 1.29 is 19.4 Å². The third-order valence-corrected chi connectivity index (χ3v) is 2.55. The van der Waals surface area contributed by atoms with E-state index in [1.54, 1.807) is 0 Å². The number of carboxylic acid groups (broad SMARTS) is 1. The average Bonchev–Trinajstić information content (AvgIpc) is 2.77. The summed E-state index contributed by atoms with van der Waals surface area (Å²) in [7, 11) is 1.49. The Kier molecular flexibility index (Phi) is 3.38. The van der Waals surface area contributed by atoms with Crippen LogP contribution in [0.25, 0.3) is 0 Å². The van der Waals surface area contributed by atoms with E-state index in [4.69, 9.17) is 14.6 Å². The number of nitrogens with zero attached hydrogens (tertiary/aromatic N) is 2. The molecule has 2 atom stereocenters. The fourth-order valence-electron chi connectivity index (χ4n) is 1.65. The SMILES string of the molecule is COc1cncc(NC2COCC2C(=O)O)n1. The molecule has 7 nitrogen and oxygen atoms in total. The van der Waals surface area contributed by atoms with Crippen molar-refractivity contribution >= 4 is 11.8 Å². The molecule has 2 N–H and O–H groups in total. The van der Waals surface area contributed by atoms with Crippen molar-refractivity contribution in [2.45, 2.75) is 6.04 Å². The highest BCUT2D eigenvalue weighted by Crippen LogP contribution is 2.18. The number of nitrogens with one attached hydrogen (secondary N) is 1. The predicted octanol–water partition coefficient (Wildman–Crippen LogP) is -0.00330. The first-order valence-electron chi connectivity index (χ1n) is 5.14. The topological polar surface area (TPSA) is 93.6 Å². The van der Waals surface area contributed by atoms with Crippen LogP contribution in [0.1, 0.15) is 0 Å². The average molecular weight is 239 g/mol. The van der Waals surface area contributed by atoms with Gasteiger partial charge in [-0.3, -0.25) is 9.78 Å². The van der Waals surface area contributed by atoms with Crippen molar-refractivity contribution in [1.29, 1.82) is 0 Å². The molecular formula is C10H13N3O4. The molecule has 0 saturated carbocycles. The monoisotopic (exact) mass is 239 g/mol. The first-order valence-corrected chi connectivity index (χ1v) is 5.14. The molecule has 1 saturated heterocycles. The van der Waals surface area contributed by atoms with E-state index >= 15 is 0 Å². The lowest BCUT2D eigenvalue weighted by molar-refractivity contribution is -0.141. The van der Waals surface area contributed by atoms with Crippen LogP contribution in [0.15, 0.2) is 12.4 Å². The number of hydrogen-bond acceptors (Lipinski definition) is 6. The number of carbonyl (C=O) groups is 1. The summed E-state index contributed by atoms with van der Waals surface area (Å²) in [6, 6.07) is -0.297. The molecule has 1 fully saturated rings. The van der Waals surface area contributed by atoms with Gasteiger partial charge in [-0.2, -0.15) is 4.98 Å². The van der Waals surface area contributed by atoms with Gasteiger partial charge >= 0.3 is 5.97 Å². The Balaban J connectivity index is 2.06. The number of methoxy groups -OCH3 is 1. The second-order valence-electron chi connectivity index (χ2n) is 3.68. The van der Waals surface area contributed by atoms with Gasteiger partial charge in [-0.05, 0) is 0 Å². The van der Waals surface area contributed by atoms with Gasteiger partial charge in [0.05, 0.1) is 38.8 Å². The van der Waals surface area contributed by atoms with E-state index in [9.17, 15) is 4.79 Å². The van der Waals surface area contributed by atoms with Gasteiger partial charge in [0.2, 0.25) is 5.88 Å². The van der Waals surface area contributed by atoms with E-state index in [2.05, 4.69) is 15.3 Å². The van der Waals surface area contributed by atoms with Gasteiger partial charge in [0, 0.05) is 0 Å². The zero-order valence-corrected chi connectivity index (χ0v) is 9.29. The number of hydrogen-bond donors (Lipinski definition) is 2. The fourth-order valence-corrected chi connectivity index (χ4v) is 1.65. The number of anilines is 1. The lowest BCUT2D eigenvalue weighted by atomic mass is 10.0. The second kappa shape index (κ2) is 4.96. The molecule has 2 heterocycles. The Hall–Kier alpha value is -1.89. The summed E-state index contributed by atoms with van der Waals surface area (Å²) in [5, 5.41) is 12.0. The third-order valence-electron chi connectivity index (χ3n) is 2.55. The second-order valence-corrected chi connectivity index (χ2v) is 3.68. The van der Waals surface area contributed by atoms with Crippen LogP contribution < -0.4 is 10.1 Å². The van der Waals surface area contributed by atoms with Gasteiger partial charge in [0.1, 0.15) is 11.7 Å². The van der Waals surface area contributed by atoms with Gasteiger partial charge in [0.25, 0.3) is 0 Å². The normalized spacial score (nSPS) is 23.4. The summed E-state index contributed by atoms with van der Waals surface area (Å²) in [5.41, 5.74) is 0. The minimum atomic E-state index is -0.879. The highest BCUT2D eigenvalue weighted by molar-refractivity contribution is 5.72. The lowest BCUT2D eigenvalue weighted by Crippen LogP contribution is -2.33. The molecule has 0 aliphatic carbocycles. The molecule has 2 rings (SSSR count). The van der Waals surface area contributed by atoms with Crippen LogP contribution in [-0.2, 0) is 9.53 Å². The largest absolute Gasteiger partial charge is 0.481 e. The maximum Gasteiger partial charge on any atom is 0.311 e. The minimum absolute atomic E-state index is 0.213. The first kappa shape index (κ1) is 11.6. The summed E-state index contributed by atoms with van der Waals surface area (Å²) < 4.78 is 10.1. The van der Waals surface area contributed by atoms with Crippen molar-refractivity contribution in [2.24, 2.45) is 5.92 Å². The molecule has 0 spiro atoms. The van der Waals surface area contributed by atoms with E-state index in [1.165, 1.54) is 19.5 Å². The molecule has 7 heteroatoms. The zero-order valence-electron chi connectivity index (χ0n) is 9.29. The third kappa shape index (κ3) is 2.62. The molecule has 0 aromatic carbocycles. The molecule has 92 valence electrons. The minimum Gasteiger partial charge on any atom is -0.481 e. The molecule has 1 aliphatic heterocycles. The molecule has 1 aromatic rings. The van der Waals surface area contributed by atoms with Crippen molar-refractivity contribution in [2.75, 3.05) is 25.6 Å². The van der Waals surface area contributed by atoms with Crippen LogP contribution in [0.5, 0.6) is 5.88 Å². The van der Waals surface area contributed by atoms with Crippen LogP contribution >= 0.6 is 0 Å². The van der Waals surface area contributed by atoms with E-state index in [0.717, 1.165) is 0 Å². The Morgan fingerprint density at radius 2 is 2.41 bits per heavy atom. The standard InChI is InChI=1S/C10H13N3O4/c1-16-9-3-11-2-8(13-9)12-7-5-17-4-6(7)10(14)15/h2-3,6-7H,4-5H2,1H3,(H,12,13)(H,14,15). The number of ether oxygens (including phenoxy) is 2. The van der Waals surface area contributed by atoms with Gasteiger partial charge in [-0.25, -0.2) is 0 Å². The molecule has 1 aromatic heterocycles. The molecule has 2 unspecified atom stereocenters.